The van der Waals surface area contributed by atoms with Crippen LogP contribution in [0.2, 0.25) is 0 Å². The van der Waals surface area contributed by atoms with Crippen molar-refractivity contribution in [1.82, 2.24) is 0 Å². The summed E-state index contributed by atoms with van der Waals surface area (Å²) in [6.07, 6.45) is 6.57. The van der Waals surface area contributed by atoms with Crippen LogP contribution < -0.4 is 0 Å². The molecule has 0 aliphatic rings. The Hall–Kier alpha value is -1.58. The van der Waals surface area contributed by atoms with Gasteiger partial charge in [0.2, 0.25) is 0 Å². The van der Waals surface area contributed by atoms with Crippen LogP contribution in [0, 0.1) is 0 Å². The lowest BCUT2D eigenvalue weighted by atomic mass is 10.3. The number of rotatable bonds is 7. The molecule has 0 aliphatic heterocycles. The number of hydrogen-bond donors (Lipinski definition) is 0. The summed E-state index contributed by atoms with van der Waals surface area (Å²) in [5, 5.41) is 0. The molecule has 0 radical (unpaired) electrons. The Labute approximate surface area is 89.6 Å². The van der Waals surface area contributed by atoms with E-state index < -0.39 is 11.9 Å². The first-order chi connectivity index (χ1) is 7.20. The number of carbonyl (C=O) groups excluding carboxylic acids is 2. The van der Waals surface area contributed by atoms with Gasteiger partial charge in [0.15, 0.2) is 6.61 Å². The van der Waals surface area contributed by atoms with Crippen molar-refractivity contribution >= 4 is 11.9 Å². The summed E-state index contributed by atoms with van der Waals surface area (Å²) in [5.74, 6) is -1.16. The molecule has 0 aromatic heterocycles. The maximum absolute atomic E-state index is 10.9. The predicted octanol–water partition coefficient (Wildman–Crippen LogP) is 1.62. The molecule has 0 N–H and O–H groups in total. The summed E-state index contributed by atoms with van der Waals surface area (Å²) in [7, 11) is 0. The first-order valence-electron chi connectivity index (χ1n) is 4.76. The van der Waals surface area contributed by atoms with E-state index in [1.54, 1.807) is 0 Å². The third kappa shape index (κ3) is 8.74. The average Bonchev–Trinajstić information content (AvgIpc) is 2.25. The topological polar surface area (TPSA) is 52.6 Å². The third-order valence-corrected chi connectivity index (χ3v) is 1.51. The van der Waals surface area contributed by atoms with Crippen molar-refractivity contribution in [1.29, 1.82) is 0 Å². The largest absolute Gasteiger partial charge is 0.463 e. The molecule has 0 fully saturated rings. The Morgan fingerprint density at radius 3 is 2.67 bits per heavy atom. The summed E-state index contributed by atoms with van der Waals surface area (Å²) in [6, 6.07) is 0. The van der Waals surface area contributed by atoms with Crippen molar-refractivity contribution in [3.8, 4) is 0 Å². The van der Waals surface area contributed by atoms with Crippen LogP contribution in [0.3, 0.4) is 0 Å². The number of esters is 2. The number of carbonyl (C=O) groups is 2. The van der Waals surface area contributed by atoms with Crippen LogP contribution in [0.25, 0.3) is 0 Å². The summed E-state index contributed by atoms with van der Waals surface area (Å²) >= 11 is 0. The van der Waals surface area contributed by atoms with E-state index in [1.165, 1.54) is 0 Å². The van der Waals surface area contributed by atoms with Gasteiger partial charge in [-0.15, -0.1) is 0 Å². The molecule has 15 heavy (non-hydrogen) atoms. The minimum atomic E-state index is -0.624. The van der Waals surface area contributed by atoms with Gasteiger partial charge in [-0.3, -0.25) is 0 Å². The molecule has 0 saturated heterocycles. The first kappa shape index (κ1) is 13.4. The van der Waals surface area contributed by atoms with E-state index in [0.717, 1.165) is 18.9 Å². The van der Waals surface area contributed by atoms with Crippen LogP contribution in [0.15, 0.2) is 24.8 Å². The van der Waals surface area contributed by atoms with Crippen LogP contribution >= 0.6 is 0 Å². The van der Waals surface area contributed by atoms with E-state index in [-0.39, 0.29) is 6.61 Å². The highest BCUT2D eigenvalue weighted by molar-refractivity contribution is 5.83. The van der Waals surface area contributed by atoms with Crippen molar-refractivity contribution in [2.24, 2.45) is 0 Å². The van der Waals surface area contributed by atoms with E-state index in [2.05, 4.69) is 11.3 Å². The monoisotopic (exact) mass is 212 g/mol. The number of ether oxygens (including phenoxy) is 2. The van der Waals surface area contributed by atoms with Crippen molar-refractivity contribution < 1.29 is 19.1 Å². The van der Waals surface area contributed by atoms with E-state index >= 15 is 0 Å². The Bertz CT molecular complexity index is 243. The fourth-order valence-electron chi connectivity index (χ4n) is 0.785. The quantitative estimate of drug-likeness (QED) is 0.278. The van der Waals surface area contributed by atoms with Gasteiger partial charge in [0.25, 0.3) is 0 Å². The molecule has 84 valence electrons. The van der Waals surface area contributed by atoms with Gasteiger partial charge in [0, 0.05) is 6.08 Å². The fourth-order valence-corrected chi connectivity index (χ4v) is 0.785. The molecular weight excluding hydrogens is 196 g/mol. The van der Waals surface area contributed by atoms with Gasteiger partial charge in [-0.2, -0.15) is 0 Å². The van der Waals surface area contributed by atoms with Crippen LogP contribution in [0.5, 0.6) is 0 Å². The molecule has 0 aromatic rings. The van der Waals surface area contributed by atoms with Gasteiger partial charge in [0.05, 0.1) is 6.61 Å². The van der Waals surface area contributed by atoms with E-state index in [4.69, 9.17) is 4.74 Å². The van der Waals surface area contributed by atoms with Crippen molar-refractivity contribution in [3.63, 3.8) is 0 Å². The predicted molar refractivity (Wildman–Crippen MR) is 56.2 cm³/mol. The molecule has 0 unspecified atom stereocenters. The smallest absolute Gasteiger partial charge is 0.344 e. The standard InChI is InChI=1S/C11H16O4/c1-3-5-6-7-8-14-11(13)9-15-10(12)4-2/h3-5H,2,6-9H2,1H3. The highest BCUT2D eigenvalue weighted by Crippen LogP contribution is 1.93. The summed E-state index contributed by atoms with van der Waals surface area (Å²) < 4.78 is 9.28. The molecule has 0 heterocycles. The second-order valence-electron chi connectivity index (χ2n) is 2.74. The van der Waals surface area contributed by atoms with E-state index in [1.807, 2.05) is 19.1 Å². The fraction of sp³-hybridized carbons (Fsp3) is 0.455. The highest BCUT2D eigenvalue weighted by atomic mass is 16.6. The SMILES string of the molecule is C=CC(=O)OCC(=O)OCCCC=CC. The minimum Gasteiger partial charge on any atom is -0.463 e. The minimum absolute atomic E-state index is 0.342. The van der Waals surface area contributed by atoms with Crippen LogP contribution in [-0.2, 0) is 19.1 Å². The molecule has 0 amide bonds. The zero-order chi connectivity index (χ0) is 11.5. The maximum Gasteiger partial charge on any atom is 0.344 e. The Balaban J connectivity index is 3.41. The van der Waals surface area contributed by atoms with Crippen LogP contribution in [-0.4, -0.2) is 25.2 Å². The molecule has 0 rings (SSSR count). The third-order valence-electron chi connectivity index (χ3n) is 1.51. The van der Waals surface area contributed by atoms with Crippen molar-refractivity contribution in [3.05, 3.63) is 24.8 Å². The van der Waals surface area contributed by atoms with E-state index in [0.29, 0.717) is 6.61 Å². The molecule has 0 aliphatic carbocycles. The number of unbranched alkanes of at least 4 members (excludes halogenated alkanes) is 1. The average molecular weight is 212 g/mol. The molecule has 0 bridgehead atoms. The lowest BCUT2D eigenvalue weighted by Gasteiger charge is -2.03. The van der Waals surface area contributed by atoms with Gasteiger partial charge >= 0.3 is 11.9 Å². The van der Waals surface area contributed by atoms with Gasteiger partial charge in [-0.25, -0.2) is 9.59 Å². The summed E-state index contributed by atoms with van der Waals surface area (Å²) in [4.78, 5) is 21.5. The van der Waals surface area contributed by atoms with Gasteiger partial charge in [-0.05, 0) is 19.8 Å². The molecule has 4 heteroatoms. The zero-order valence-electron chi connectivity index (χ0n) is 8.90. The molecular formula is C11H16O4. The summed E-state index contributed by atoms with van der Waals surface area (Å²) in [5.41, 5.74) is 0. The zero-order valence-corrected chi connectivity index (χ0v) is 8.90. The van der Waals surface area contributed by atoms with Crippen LogP contribution in [0.4, 0.5) is 0 Å². The molecule has 0 spiro atoms. The normalized spacial score (nSPS) is 9.93. The molecule has 0 aromatic carbocycles. The van der Waals surface area contributed by atoms with Crippen molar-refractivity contribution in [2.75, 3.05) is 13.2 Å². The lowest BCUT2D eigenvalue weighted by molar-refractivity contribution is -0.156. The molecule has 4 nitrogen and oxygen atoms in total. The number of allylic oxidation sites excluding steroid dienone is 2. The molecule has 0 saturated carbocycles. The van der Waals surface area contributed by atoms with Gasteiger partial charge in [-0.1, -0.05) is 18.7 Å². The van der Waals surface area contributed by atoms with Crippen LogP contribution in [0.1, 0.15) is 19.8 Å². The Morgan fingerprint density at radius 2 is 2.07 bits per heavy atom. The van der Waals surface area contributed by atoms with E-state index in [9.17, 15) is 9.59 Å². The van der Waals surface area contributed by atoms with Crippen molar-refractivity contribution in [2.45, 2.75) is 19.8 Å². The van der Waals surface area contributed by atoms with Gasteiger partial charge in [0.1, 0.15) is 0 Å². The lowest BCUT2D eigenvalue weighted by Crippen LogP contribution is -2.15. The Kier molecular flexibility index (Phi) is 8.05. The first-order valence-corrected chi connectivity index (χ1v) is 4.76. The summed E-state index contributed by atoms with van der Waals surface area (Å²) in [6.45, 7) is 5.12. The van der Waals surface area contributed by atoms with Gasteiger partial charge < -0.3 is 9.47 Å². The maximum atomic E-state index is 10.9. The Morgan fingerprint density at radius 1 is 1.33 bits per heavy atom. The molecule has 0 atom stereocenters. The second kappa shape index (κ2) is 8.99. The second-order valence-corrected chi connectivity index (χ2v) is 2.74. The number of hydrogen-bond acceptors (Lipinski definition) is 4. The highest BCUT2D eigenvalue weighted by Gasteiger charge is 2.04.